The second kappa shape index (κ2) is 7.20. The number of benzene rings is 1. The van der Waals surface area contributed by atoms with E-state index >= 15 is 0 Å². The molecule has 0 N–H and O–H groups in total. The van der Waals surface area contributed by atoms with Crippen LogP contribution in [0.1, 0.15) is 56.9 Å². The fraction of sp³-hybridized carbons (Fsp3) is 0.667. The van der Waals surface area contributed by atoms with E-state index in [9.17, 15) is 4.79 Å². The number of rotatable bonds is 5. The van der Waals surface area contributed by atoms with Crippen LogP contribution in [0.5, 0.6) is 11.5 Å². The smallest absolute Gasteiger partial charge is 0.168 e. The van der Waals surface area contributed by atoms with Crippen LogP contribution in [0.25, 0.3) is 0 Å². The molecule has 1 aliphatic heterocycles. The molecule has 0 atom stereocenters. The summed E-state index contributed by atoms with van der Waals surface area (Å²) >= 11 is 0. The van der Waals surface area contributed by atoms with Crippen molar-refractivity contribution in [3.8, 4) is 11.5 Å². The van der Waals surface area contributed by atoms with Crippen molar-refractivity contribution in [3.05, 3.63) is 23.8 Å². The van der Waals surface area contributed by atoms with Gasteiger partial charge in [0.25, 0.3) is 0 Å². The largest absolute Gasteiger partial charge is 0.493 e. The minimum absolute atomic E-state index is 0.251. The van der Waals surface area contributed by atoms with Gasteiger partial charge < -0.3 is 23.7 Å². The summed E-state index contributed by atoms with van der Waals surface area (Å²) in [6.07, 6.45) is 8.91. The van der Waals surface area contributed by atoms with Crippen LogP contribution in [-0.2, 0) is 19.7 Å². The molecule has 1 aromatic rings. The van der Waals surface area contributed by atoms with Gasteiger partial charge >= 0.3 is 0 Å². The number of ether oxygens (including phenoxy) is 4. The first-order valence-electron chi connectivity index (χ1n) is 9.78. The number of aldehydes is 1. The maximum Gasteiger partial charge on any atom is 0.168 e. The highest BCUT2D eigenvalue weighted by Gasteiger charge is 2.47. The average Bonchev–Trinajstić information content (AvgIpc) is 3.35. The Bertz CT molecular complexity index is 634. The molecule has 0 aromatic heterocycles. The first-order valence-corrected chi connectivity index (χ1v) is 9.78. The Morgan fingerprint density at radius 1 is 1.04 bits per heavy atom. The first-order chi connectivity index (χ1) is 12.7. The predicted octanol–water partition coefficient (Wildman–Crippen LogP) is 3.77. The molecular weight excluding hydrogens is 332 g/mol. The molecule has 1 spiro atoms. The topological polar surface area (TPSA) is 54.0 Å². The summed E-state index contributed by atoms with van der Waals surface area (Å²) in [4.78, 5) is 12.1. The molecule has 3 aliphatic rings. The first kappa shape index (κ1) is 17.8. The van der Waals surface area contributed by atoms with E-state index in [0.717, 1.165) is 61.9 Å². The van der Waals surface area contributed by atoms with Crippen molar-refractivity contribution in [2.75, 3.05) is 20.3 Å². The van der Waals surface area contributed by atoms with Gasteiger partial charge in [-0.25, -0.2) is 0 Å². The molecule has 0 unspecified atom stereocenters. The van der Waals surface area contributed by atoms with E-state index in [0.29, 0.717) is 13.2 Å². The van der Waals surface area contributed by atoms with Crippen molar-refractivity contribution < 1.29 is 23.7 Å². The predicted molar refractivity (Wildman–Crippen MR) is 96.7 cm³/mol. The van der Waals surface area contributed by atoms with Crippen LogP contribution in [0.15, 0.2) is 18.2 Å². The Balaban J connectivity index is 1.57. The van der Waals surface area contributed by atoms with Crippen LogP contribution in [0, 0.1) is 0 Å². The molecule has 4 rings (SSSR count). The normalized spacial score (nSPS) is 24.7. The van der Waals surface area contributed by atoms with Crippen LogP contribution >= 0.6 is 0 Å². The van der Waals surface area contributed by atoms with Crippen LogP contribution in [0.2, 0.25) is 0 Å². The summed E-state index contributed by atoms with van der Waals surface area (Å²) in [6.45, 7) is 1.30. The summed E-state index contributed by atoms with van der Waals surface area (Å²) in [6, 6.07) is 5.95. The standard InChI is InChI=1S/C21H28O5/c1-23-18-7-6-16(14-19(18)26-17-4-2-3-5-17)20(15-22)8-10-21(11-9-20)24-12-13-25-21/h6-7,14-15,17H,2-5,8-13H2,1H3. The molecule has 5 nitrogen and oxygen atoms in total. The minimum Gasteiger partial charge on any atom is -0.493 e. The van der Waals surface area contributed by atoms with Gasteiger partial charge in [-0.15, -0.1) is 0 Å². The number of methoxy groups -OCH3 is 1. The Kier molecular flexibility index (Phi) is 4.93. The number of carbonyl (C=O) groups excluding carboxylic acids is 1. The van der Waals surface area contributed by atoms with Gasteiger partial charge in [-0.2, -0.15) is 0 Å². The zero-order valence-electron chi connectivity index (χ0n) is 15.5. The SMILES string of the molecule is COc1ccc(C2(C=O)CCC3(CC2)OCCO3)cc1OC1CCCC1. The maximum absolute atomic E-state index is 12.1. The zero-order valence-corrected chi connectivity index (χ0v) is 15.5. The van der Waals surface area contributed by atoms with Gasteiger partial charge in [0.05, 0.1) is 31.8 Å². The highest BCUT2D eigenvalue weighted by atomic mass is 16.7. The van der Waals surface area contributed by atoms with E-state index in [1.54, 1.807) is 7.11 Å². The quantitative estimate of drug-likeness (QED) is 0.748. The van der Waals surface area contributed by atoms with Crippen LogP contribution in [-0.4, -0.2) is 38.5 Å². The van der Waals surface area contributed by atoms with Gasteiger partial charge in [0.2, 0.25) is 0 Å². The van der Waals surface area contributed by atoms with E-state index in [2.05, 4.69) is 0 Å². The third-order valence-corrected chi connectivity index (χ3v) is 6.28. The molecule has 3 fully saturated rings. The lowest BCUT2D eigenvalue weighted by molar-refractivity contribution is -0.184. The molecule has 2 saturated carbocycles. The fourth-order valence-electron chi connectivity index (χ4n) is 4.60. The summed E-state index contributed by atoms with van der Waals surface area (Å²) < 4.78 is 23.4. The van der Waals surface area contributed by atoms with Gasteiger partial charge in [0, 0.05) is 12.8 Å². The van der Waals surface area contributed by atoms with E-state index in [-0.39, 0.29) is 6.10 Å². The molecule has 0 bridgehead atoms. The monoisotopic (exact) mass is 360 g/mol. The number of hydrogen-bond acceptors (Lipinski definition) is 5. The van der Waals surface area contributed by atoms with Crippen molar-refractivity contribution in [2.45, 2.75) is 68.7 Å². The molecule has 1 heterocycles. The van der Waals surface area contributed by atoms with Gasteiger partial charge in [0.1, 0.15) is 6.29 Å². The lowest BCUT2D eigenvalue weighted by Gasteiger charge is -2.41. The molecule has 26 heavy (non-hydrogen) atoms. The highest BCUT2D eigenvalue weighted by molar-refractivity contribution is 5.70. The molecule has 142 valence electrons. The highest BCUT2D eigenvalue weighted by Crippen LogP contribution is 2.47. The molecule has 0 radical (unpaired) electrons. The molecule has 0 amide bonds. The third-order valence-electron chi connectivity index (χ3n) is 6.28. The number of hydrogen-bond donors (Lipinski definition) is 0. The van der Waals surface area contributed by atoms with Gasteiger partial charge in [0.15, 0.2) is 17.3 Å². The summed E-state index contributed by atoms with van der Waals surface area (Å²) in [7, 11) is 1.66. The van der Waals surface area contributed by atoms with E-state index < -0.39 is 11.2 Å². The molecule has 2 aliphatic carbocycles. The molecule has 1 saturated heterocycles. The maximum atomic E-state index is 12.1. The fourth-order valence-corrected chi connectivity index (χ4v) is 4.60. The lowest BCUT2D eigenvalue weighted by Crippen LogP contribution is -2.43. The Morgan fingerprint density at radius 2 is 1.73 bits per heavy atom. The van der Waals surface area contributed by atoms with Crippen LogP contribution < -0.4 is 9.47 Å². The number of carbonyl (C=O) groups is 1. The third kappa shape index (κ3) is 3.23. The summed E-state index contributed by atoms with van der Waals surface area (Å²) in [5, 5.41) is 0. The van der Waals surface area contributed by atoms with Crippen molar-refractivity contribution in [3.63, 3.8) is 0 Å². The van der Waals surface area contributed by atoms with Crippen molar-refractivity contribution in [1.29, 1.82) is 0 Å². The Morgan fingerprint density at radius 3 is 2.35 bits per heavy atom. The molecular formula is C21H28O5. The van der Waals surface area contributed by atoms with Crippen molar-refractivity contribution in [2.24, 2.45) is 0 Å². The van der Waals surface area contributed by atoms with Gasteiger partial charge in [-0.05, 0) is 56.2 Å². The molecule has 1 aromatic carbocycles. The van der Waals surface area contributed by atoms with Crippen molar-refractivity contribution >= 4 is 6.29 Å². The van der Waals surface area contributed by atoms with Gasteiger partial charge in [-0.3, -0.25) is 0 Å². The second-order valence-corrected chi connectivity index (χ2v) is 7.77. The van der Waals surface area contributed by atoms with E-state index in [1.165, 1.54) is 12.8 Å². The minimum atomic E-state index is -0.499. The van der Waals surface area contributed by atoms with E-state index in [4.69, 9.17) is 18.9 Å². The Hall–Kier alpha value is -1.59. The van der Waals surface area contributed by atoms with E-state index in [1.807, 2.05) is 18.2 Å². The zero-order chi connectivity index (χ0) is 18.0. The average molecular weight is 360 g/mol. The molecule has 5 heteroatoms. The second-order valence-electron chi connectivity index (χ2n) is 7.77. The van der Waals surface area contributed by atoms with Gasteiger partial charge in [-0.1, -0.05) is 6.07 Å². The lowest BCUT2D eigenvalue weighted by atomic mass is 9.68. The van der Waals surface area contributed by atoms with Crippen LogP contribution in [0.3, 0.4) is 0 Å². The van der Waals surface area contributed by atoms with Crippen molar-refractivity contribution in [1.82, 2.24) is 0 Å². The Labute approximate surface area is 155 Å². The van der Waals surface area contributed by atoms with Crippen LogP contribution in [0.4, 0.5) is 0 Å². The summed E-state index contributed by atoms with van der Waals surface area (Å²) in [5.41, 5.74) is 0.509. The summed E-state index contributed by atoms with van der Waals surface area (Å²) in [5.74, 6) is 1.02.